The minimum Gasteiger partial charge on any atom is -0.338 e. The molecule has 3 aromatic heterocycles. The minimum absolute atomic E-state index is 0.00232. The summed E-state index contributed by atoms with van der Waals surface area (Å²) in [5, 5.41) is 10.0. The summed E-state index contributed by atoms with van der Waals surface area (Å²) in [6.45, 7) is 1.19. The van der Waals surface area contributed by atoms with Crippen LogP contribution in [0.4, 0.5) is 0 Å². The lowest BCUT2D eigenvalue weighted by Crippen LogP contribution is -2.41. The van der Waals surface area contributed by atoms with Gasteiger partial charge < -0.3 is 4.90 Å². The van der Waals surface area contributed by atoms with Crippen molar-refractivity contribution in [2.45, 2.75) is 18.9 Å². The van der Waals surface area contributed by atoms with Gasteiger partial charge >= 0.3 is 0 Å². The van der Waals surface area contributed by atoms with Crippen LogP contribution in [-0.4, -0.2) is 38.9 Å². The molecule has 0 spiro atoms. The van der Waals surface area contributed by atoms with Crippen LogP contribution in [0, 0.1) is 0 Å². The topological polar surface area (TPSA) is 68.1 Å². The van der Waals surface area contributed by atoms with E-state index in [9.17, 15) is 9.59 Å². The summed E-state index contributed by atoms with van der Waals surface area (Å²) in [7, 11) is 0. The van der Waals surface area contributed by atoms with E-state index < -0.39 is 0 Å². The summed E-state index contributed by atoms with van der Waals surface area (Å²) in [6, 6.07) is 5.26. The zero-order valence-corrected chi connectivity index (χ0v) is 14.9. The van der Waals surface area contributed by atoms with E-state index in [4.69, 9.17) is 11.6 Å². The lowest BCUT2D eigenvalue weighted by Gasteiger charge is -2.31. The second-order valence-corrected chi connectivity index (χ2v) is 8.23. The van der Waals surface area contributed by atoms with Gasteiger partial charge in [0.2, 0.25) is 0 Å². The van der Waals surface area contributed by atoms with Crippen LogP contribution < -0.4 is 5.56 Å². The molecule has 1 fully saturated rings. The van der Waals surface area contributed by atoms with E-state index in [2.05, 4.69) is 10.3 Å². The maximum absolute atomic E-state index is 12.5. The molecule has 4 heterocycles. The van der Waals surface area contributed by atoms with E-state index in [-0.39, 0.29) is 17.5 Å². The van der Waals surface area contributed by atoms with Crippen molar-refractivity contribution in [1.82, 2.24) is 19.9 Å². The zero-order valence-electron chi connectivity index (χ0n) is 12.5. The molecule has 0 unspecified atom stereocenters. The summed E-state index contributed by atoms with van der Waals surface area (Å²) in [5.74, 6) is -0.00232. The molecule has 1 saturated heterocycles. The predicted molar refractivity (Wildman–Crippen MR) is 95.2 cm³/mol. The van der Waals surface area contributed by atoms with Crippen LogP contribution in [0.3, 0.4) is 0 Å². The van der Waals surface area contributed by atoms with E-state index in [1.54, 1.807) is 23.1 Å². The average Bonchev–Trinajstić information content (AvgIpc) is 3.24. The van der Waals surface area contributed by atoms with Crippen molar-refractivity contribution in [1.29, 1.82) is 0 Å². The molecular formula is C15H13ClN4O2S2. The van der Waals surface area contributed by atoms with E-state index in [1.165, 1.54) is 27.4 Å². The van der Waals surface area contributed by atoms with Crippen LogP contribution >= 0.6 is 34.3 Å². The maximum atomic E-state index is 12.5. The van der Waals surface area contributed by atoms with E-state index in [1.807, 2.05) is 5.38 Å². The summed E-state index contributed by atoms with van der Waals surface area (Å²) in [5.41, 5.74) is 0.549. The molecule has 3 aromatic rings. The fourth-order valence-corrected chi connectivity index (χ4v) is 4.69. The molecule has 0 N–H and O–H groups in total. The van der Waals surface area contributed by atoms with Crippen LogP contribution in [0.2, 0.25) is 4.34 Å². The molecule has 0 saturated carbocycles. The second-order valence-electron chi connectivity index (χ2n) is 5.60. The van der Waals surface area contributed by atoms with Crippen LogP contribution in [0.1, 0.15) is 28.6 Å². The molecule has 9 heteroatoms. The standard InChI is InChI=1S/C15H13ClN4O2S2/c16-12-2-1-11(24-12)14(21)19-6-3-9(4-7-19)20-15(22)13-10(17-18-20)5-8-23-13/h1-2,5,8-9H,3-4,6-7H2. The van der Waals surface area contributed by atoms with Gasteiger partial charge in [-0.05, 0) is 36.4 Å². The Hall–Kier alpha value is -1.77. The summed E-state index contributed by atoms with van der Waals surface area (Å²) in [6.07, 6.45) is 1.38. The van der Waals surface area contributed by atoms with Gasteiger partial charge in [-0.3, -0.25) is 9.59 Å². The molecule has 0 atom stereocenters. The number of halogens is 1. The summed E-state index contributed by atoms with van der Waals surface area (Å²) < 4.78 is 2.72. The van der Waals surface area contributed by atoms with Gasteiger partial charge in [-0.15, -0.1) is 27.8 Å². The Balaban J connectivity index is 1.50. The third-order valence-corrected chi connectivity index (χ3v) is 6.29. The number of aromatic nitrogens is 3. The van der Waals surface area contributed by atoms with Gasteiger partial charge in [-0.25, -0.2) is 4.68 Å². The van der Waals surface area contributed by atoms with Crippen molar-refractivity contribution in [2.24, 2.45) is 0 Å². The number of piperidine rings is 1. The van der Waals surface area contributed by atoms with E-state index >= 15 is 0 Å². The molecule has 4 rings (SSSR count). The molecule has 1 amide bonds. The molecule has 124 valence electrons. The highest BCUT2D eigenvalue weighted by Crippen LogP contribution is 2.26. The molecule has 0 aromatic carbocycles. The van der Waals surface area contributed by atoms with Crippen molar-refractivity contribution in [3.8, 4) is 0 Å². The average molecular weight is 381 g/mol. The first-order valence-electron chi connectivity index (χ1n) is 7.51. The Kier molecular flexibility index (Phi) is 4.11. The van der Waals surface area contributed by atoms with Gasteiger partial charge in [0.05, 0.1) is 15.3 Å². The first-order valence-corrected chi connectivity index (χ1v) is 9.58. The Morgan fingerprint density at radius 1 is 1.25 bits per heavy atom. The van der Waals surface area contributed by atoms with E-state index in [0.29, 0.717) is 45.4 Å². The number of amides is 1. The smallest absolute Gasteiger partial charge is 0.287 e. The first kappa shape index (κ1) is 15.7. The molecule has 0 radical (unpaired) electrons. The highest BCUT2D eigenvalue weighted by atomic mass is 35.5. The molecule has 0 bridgehead atoms. The number of rotatable bonds is 2. The number of hydrogen-bond donors (Lipinski definition) is 0. The Labute approximate surface area is 150 Å². The largest absolute Gasteiger partial charge is 0.338 e. The second kappa shape index (κ2) is 6.27. The van der Waals surface area contributed by atoms with Crippen molar-refractivity contribution < 1.29 is 4.79 Å². The van der Waals surface area contributed by atoms with Gasteiger partial charge in [0, 0.05) is 13.1 Å². The maximum Gasteiger partial charge on any atom is 0.287 e. The van der Waals surface area contributed by atoms with Gasteiger partial charge in [0.15, 0.2) is 0 Å². The fourth-order valence-electron chi connectivity index (χ4n) is 2.92. The molecule has 1 aliphatic rings. The molecule has 0 aliphatic carbocycles. The highest BCUT2D eigenvalue weighted by Gasteiger charge is 2.27. The third-order valence-electron chi connectivity index (χ3n) is 4.18. The Bertz CT molecular complexity index is 956. The normalized spacial score (nSPS) is 16.0. The monoisotopic (exact) mass is 380 g/mol. The minimum atomic E-state index is -0.0928. The number of likely N-dealkylation sites (tertiary alicyclic amines) is 1. The fraction of sp³-hybridized carbons (Fsp3) is 0.333. The quantitative estimate of drug-likeness (QED) is 0.685. The number of fused-ring (bicyclic) bond motifs is 1. The van der Waals surface area contributed by atoms with Crippen LogP contribution in [-0.2, 0) is 0 Å². The SMILES string of the molecule is O=C(c1ccc(Cl)s1)N1CCC(n2nnc3ccsc3c2=O)CC1. The number of nitrogens with zero attached hydrogens (tertiary/aromatic N) is 4. The van der Waals surface area contributed by atoms with Crippen LogP contribution in [0.25, 0.3) is 10.2 Å². The van der Waals surface area contributed by atoms with Crippen molar-refractivity contribution in [2.75, 3.05) is 13.1 Å². The number of hydrogen-bond acceptors (Lipinski definition) is 6. The van der Waals surface area contributed by atoms with Crippen molar-refractivity contribution in [3.63, 3.8) is 0 Å². The van der Waals surface area contributed by atoms with Crippen LogP contribution in [0.15, 0.2) is 28.4 Å². The molecule has 24 heavy (non-hydrogen) atoms. The Morgan fingerprint density at radius 2 is 2.04 bits per heavy atom. The Morgan fingerprint density at radius 3 is 2.75 bits per heavy atom. The molecule has 1 aliphatic heterocycles. The van der Waals surface area contributed by atoms with Gasteiger partial charge in [0.25, 0.3) is 11.5 Å². The summed E-state index contributed by atoms with van der Waals surface area (Å²) >= 11 is 8.57. The summed E-state index contributed by atoms with van der Waals surface area (Å²) in [4.78, 5) is 27.4. The van der Waals surface area contributed by atoms with Crippen molar-refractivity contribution >= 4 is 50.4 Å². The third kappa shape index (κ3) is 2.74. The first-order chi connectivity index (χ1) is 11.6. The van der Waals surface area contributed by atoms with Gasteiger partial charge in [-0.2, -0.15) is 0 Å². The lowest BCUT2D eigenvalue weighted by molar-refractivity contribution is 0.0692. The zero-order chi connectivity index (χ0) is 16.7. The number of carbonyl (C=O) groups excluding carboxylic acids is 1. The number of carbonyl (C=O) groups is 1. The van der Waals surface area contributed by atoms with Gasteiger partial charge in [-0.1, -0.05) is 16.8 Å². The van der Waals surface area contributed by atoms with E-state index in [0.717, 1.165) is 0 Å². The van der Waals surface area contributed by atoms with Crippen molar-refractivity contribution in [3.05, 3.63) is 43.1 Å². The van der Waals surface area contributed by atoms with Gasteiger partial charge in [0.1, 0.15) is 10.2 Å². The van der Waals surface area contributed by atoms with Crippen LogP contribution in [0.5, 0.6) is 0 Å². The molecule has 6 nitrogen and oxygen atoms in total. The predicted octanol–water partition coefficient (Wildman–Crippen LogP) is 3.05. The highest BCUT2D eigenvalue weighted by molar-refractivity contribution is 7.18. The lowest BCUT2D eigenvalue weighted by atomic mass is 10.1. The number of thiophene rings is 2. The molecular weight excluding hydrogens is 368 g/mol.